The summed E-state index contributed by atoms with van der Waals surface area (Å²) in [5.74, 6) is -0.136. The van der Waals surface area contributed by atoms with E-state index in [0.717, 1.165) is 37.7 Å². The van der Waals surface area contributed by atoms with E-state index in [2.05, 4.69) is 31.2 Å². The molecule has 2 bridgehead atoms. The molecule has 4 aliphatic rings. The average molecular weight is 470 g/mol. The largest absolute Gasteiger partial charge is 0.456 e. The van der Waals surface area contributed by atoms with E-state index < -0.39 is 24.3 Å². The van der Waals surface area contributed by atoms with Crippen LogP contribution in [0, 0.1) is 12.3 Å². The van der Waals surface area contributed by atoms with Crippen LogP contribution in [-0.2, 0) is 19.0 Å². The van der Waals surface area contributed by atoms with Gasteiger partial charge in [0.1, 0.15) is 18.3 Å². The highest BCUT2D eigenvalue weighted by molar-refractivity contribution is 5.82. The number of aliphatic hydroxyl groups is 2. The van der Waals surface area contributed by atoms with Crippen molar-refractivity contribution in [2.24, 2.45) is 5.92 Å². The number of allylic oxidation sites excluding steroid dienone is 3. The summed E-state index contributed by atoms with van der Waals surface area (Å²) in [5.41, 5.74) is 0.949. The molecule has 0 spiro atoms. The molecule has 0 aromatic rings. The Kier molecular flexibility index (Phi) is 8.95. The molecule has 3 heterocycles. The topological polar surface area (TPSA) is 88.5 Å². The number of hydrogen-bond acceptors (Lipinski definition) is 6. The predicted molar refractivity (Wildman–Crippen MR) is 130 cm³/mol. The number of epoxide rings is 1. The van der Waals surface area contributed by atoms with Gasteiger partial charge in [0.2, 0.25) is 0 Å². The summed E-state index contributed by atoms with van der Waals surface area (Å²) in [7, 11) is 0. The van der Waals surface area contributed by atoms with Gasteiger partial charge in [-0.2, -0.15) is 0 Å². The Labute approximate surface area is 202 Å². The molecule has 4 rings (SSSR count). The van der Waals surface area contributed by atoms with Gasteiger partial charge in [0.15, 0.2) is 0 Å². The Morgan fingerprint density at radius 2 is 1.88 bits per heavy atom. The van der Waals surface area contributed by atoms with Gasteiger partial charge >= 0.3 is 5.97 Å². The molecule has 7 atom stereocenters. The minimum atomic E-state index is -0.944. The van der Waals surface area contributed by atoms with E-state index in [1.54, 1.807) is 12.2 Å². The molecular weight excluding hydrogens is 432 g/mol. The van der Waals surface area contributed by atoms with Crippen LogP contribution < -0.4 is 0 Å². The molecule has 185 valence electrons. The van der Waals surface area contributed by atoms with Crippen molar-refractivity contribution in [2.75, 3.05) is 0 Å². The lowest BCUT2D eigenvalue weighted by molar-refractivity contribution is -0.148. The smallest absolute Gasteiger partial charge is 0.330 e. The molecule has 0 saturated carbocycles. The molecule has 6 heteroatoms. The van der Waals surface area contributed by atoms with Crippen LogP contribution >= 0.6 is 0 Å². The van der Waals surface area contributed by atoms with Crippen molar-refractivity contribution in [3.8, 4) is 0 Å². The number of ether oxygens (including phenoxy) is 3. The maximum atomic E-state index is 12.5. The zero-order valence-electron chi connectivity index (χ0n) is 19.7. The molecule has 0 aromatic carbocycles. The fourth-order valence-electron chi connectivity index (χ4n) is 4.83. The third-order valence-electron chi connectivity index (χ3n) is 6.84. The Bertz CT molecular complexity index is 819. The van der Waals surface area contributed by atoms with Crippen molar-refractivity contribution < 1.29 is 29.2 Å². The fraction of sp³-hybridized carbons (Fsp3) is 0.571. The van der Waals surface area contributed by atoms with Gasteiger partial charge in [-0.05, 0) is 57.3 Å². The number of esters is 1. The summed E-state index contributed by atoms with van der Waals surface area (Å²) < 4.78 is 17.5. The molecule has 1 unspecified atom stereocenters. The Hall–Kier alpha value is -1.99. The van der Waals surface area contributed by atoms with Crippen LogP contribution in [0.15, 0.2) is 60.8 Å². The SMILES string of the molecule is C=C1C[CH]C[C@@H]2CC=C[C@@H](C/C=C\C(=O)OC([C@@H](O)/C=C/C3CC=CC3)C[C@@H]3O[C@H]3[C@@H](O)C1)O2. The normalized spacial score (nSPS) is 37.6. The maximum Gasteiger partial charge on any atom is 0.330 e. The van der Waals surface area contributed by atoms with Crippen molar-refractivity contribution >= 4 is 5.97 Å². The zero-order chi connectivity index (χ0) is 23.9. The van der Waals surface area contributed by atoms with Crippen LogP contribution in [0.1, 0.15) is 51.4 Å². The lowest BCUT2D eigenvalue weighted by Gasteiger charge is -2.25. The van der Waals surface area contributed by atoms with Gasteiger partial charge in [-0.1, -0.05) is 54.7 Å². The number of aliphatic hydroxyl groups excluding tert-OH is 2. The Balaban J connectivity index is 1.42. The molecule has 0 amide bonds. The fourth-order valence-corrected chi connectivity index (χ4v) is 4.83. The van der Waals surface area contributed by atoms with E-state index in [1.165, 1.54) is 6.08 Å². The number of cyclic esters (lactones) is 1. The van der Waals surface area contributed by atoms with E-state index in [9.17, 15) is 15.0 Å². The van der Waals surface area contributed by atoms with E-state index in [1.807, 2.05) is 12.2 Å². The highest BCUT2D eigenvalue weighted by Gasteiger charge is 2.46. The maximum absolute atomic E-state index is 12.5. The first kappa shape index (κ1) is 25.1. The standard InChI is InChI=1S/C28H37O6/c1-19-7-4-10-21-11-5-12-22(32-21)13-6-14-27(31)33-25(18-26-28(34-26)24(30)17-19)23(29)16-15-20-8-2-3-9-20/h2-6,12,14-16,20-26,28-30H,1,7-11,13,17-18H2/b14-6-,16-15+/t21-,22+,23+,24+,25?,26+,28+/m1/s1. The summed E-state index contributed by atoms with van der Waals surface area (Å²) in [4.78, 5) is 12.5. The number of carbonyl (C=O) groups excluding carboxylic acids is 1. The molecule has 1 radical (unpaired) electrons. The van der Waals surface area contributed by atoms with Crippen molar-refractivity contribution in [1.82, 2.24) is 0 Å². The first-order valence-electron chi connectivity index (χ1n) is 12.5. The van der Waals surface area contributed by atoms with E-state index in [4.69, 9.17) is 14.2 Å². The Morgan fingerprint density at radius 3 is 2.71 bits per heavy atom. The van der Waals surface area contributed by atoms with E-state index in [0.29, 0.717) is 25.2 Å². The van der Waals surface area contributed by atoms with Gasteiger partial charge in [-0.15, -0.1) is 0 Å². The van der Waals surface area contributed by atoms with Gasteiger partial charge in [0, 0.05) is 12.5 Å². The quantitative estimate of drug-likeness (QED) is 0.370. The second-order valence-corrected chi connectivity index (χ2v) is 9.78. The van der Waals surface area contributed by atoms with Gasteiger partial charge in [-0.3, -0.25) is 0 Å². The van der Waals surface area contributed by atoms with Crippen molar-refractivity contribution in [3.05, 3.63) is 67.2 Å². The summed E-state index contributed by atoms with van der Waals surface area (Å²) in [6, 6.07) is 0. The molecule has 1 saturated heterocycles. The lowest BCUT2D eigenvalue weighted by atomic mass is 9.97. The highest BCUT2D eigenvalue weighted by atomic mass is 16.6. The molecule has 1 fully saturated rings. The van der Waals surface area contributed by atoms with Crippen LogP contribution in [0.3, 0.4) is 0 Å². The van der Waals surface area contributed by atoms with Crippen LogP contribution in [0.5, 0.6) is 0 Å². The molecule has 6 nitrogen and oxygen atoms in total. The minimum Gasteiger partial charge on any atom is -0.456 e. The Morgan fingerprint density at radius 1 is 1.06 bits per heavy atom. The van der Waals surface area contributed by atoms with E-state index >= 15 is 0 Å². The molecular formula is C28H37O6. The molecule has 3 aliphatic heterocycles. The number of hydrogen-bond donors (Lipinski definition) is 2. The molecule has 34 heavy (non-hydrogen) atoms. The highest BCUT2D eigenvalue weighted by Crippen LogP contribution is 2.34. The summed E-state index contributed by atoms with van der Waals surface area (Å²) in [6.07, 6.45) is 20.2. The minimum absolute atomic E-state index is 0.0786. The molecule has 2 N–H and O–H groups in total. The zero-order valence-corrected chi connectivity index (χ0v) is 19.7. The van der Waals surface area contributed by atoms with Gasteiger partial charge in [0.05, 0.1) is 24.4 Å². The van der Waals surface area contributed by atoms with E-state index in [-0.39, 0.29) is 24.4 Å². The molecule has 0 aromatic heterocycles. The summed E-state index contributed by atoms with van der Waals surface area (Å²) >= 11 is 0. The van der Waals surface area contributed by atoms with Gasteiger partial charge < -0.3 is 24.4 Å². The molecule has 1 aliphatic carbocycles. The first-order valence-corrected chi connectivity index (χ1v) is 12.5. The predicted octanol–water partition coefficient (Wildman–Crippen LogP) is 3.90. The summed E-state index contributed by atoms with van der Waals surface area (Å²) in [5, 5.41) is 21.4. The third kappa shape index (κ3) is 7.51. The van der Waals surface area contributed by atoms with Crippen molar-refractivity contribution in [3.63, 3.8) is 0 Å². The van der Waals surface area contributed by atoms with Gasteiger partial charge in [0.25, 0.3) is 0 Å². The van der Waals surface area contributed by atoms with Crippen LogP contribution in [0.25, 0.3) is 0 Å². The van der Waals surface area contributed by atoms with Crippen LogP contribution in [-0.4, -0.2) is 58.9 Å². The average Bonchev–Trinajstić information content (AvgIpc) is 3.38. The van der Waals surface area contributed by atoms with Crippen molar-refractivity contribution in [2.45, 2.75) is 94.1 Å². The second-order valence-electron chi connectivity index (χ2n) is 9.78. The lowest BCUT2D eigenvalue weighted by Crippen LogP contribution is -2.32. The monoisotopic (exact) mass is 469 g/mol. The summed E-state index contributed by atoms with van der Waals surface area (Å²) in [6.45, 7) is 4.11. The number of carbonyl (C=O) groups is 1. The second kappa shape index (κ2) is 12.1. The van der Waals surface area contributed by atoms with Crippen LogP contribution in [0.2, 0.25) is 0 Å². The van der Waals surface area contributed by atoms with Crippen LogP contribution in [0.4, 0.5) is 0 Å². The number of fused-ring (bicyclic) bond motifs is 3. The third-order valence-corrected chi connectivity index (χ3v) is 6.84. The van der Waals surface area contributed by atoms with Gasteiger partial charge in [-0.25, -0.2) is 4.79 Å². The number of rotatable bonds is 3. The first-order chi connectivity index (χ1) is 16.5. The van der Waals surface area contributed by atoms with Crippen molar-refractivity contribution in [1.29, 1.82) is 0 Å².